The Kier molecular flexibility index (Phi) is 5.20. The molecule has 7 heteroatoms. The molecule has 0 aliphatic carbocycles. The molecule has 1 aromatic carbocycles. The highest BCUT2D eigenvalue weighted by molar-refractivity contribution is 5.94. The Hall–Kier alpha value is -3.06. The van der Waals surface area contributed by atoms with E-state index < -0.39 is 0 Å². The van der Waals surface area contributed by atoms with Crippen LogP contribution in [0.25, 0.3) is 5.69 Å². The number of benzene rings is 1. The van der Waals surface area contributed by atoms with Crippen LogP contribution in [0.2, 0.25) is 0 Å². The normalized spacial score (nSPS) is 16.4. The Morgan fingerprint density at radius 2 is 2.00 bits per heavy atom. The van der Waals surface area contributed by atoms with Gasteiger partial charge < -0.3 is 9.64 Å². The standard InChI is InChI=1S/C20H21N5O2/c26-20(17-3-1-4-18(11-17)25-14-22-23-15-25)24(13-19-5-2-10-27-19)12-16-6-8-21-9-7-16/h1,3-4,6-9,11,14-15,19H,2,5,10,12-13H2. The lowest BCUT2D eigenvalue weighted by Gasteiger charge is -2.26. The van der Waals surface area contributed by atoms with Crippen LogP contribution in [-0.4, -0.2) is 49.8 Å². The Morgan fingerprint density at radius 1 is 1.19 bits per heavy atom. The van der Waals surface area contributed by atoms with E-state index in [0.29, 0.717) is 18.7 Å². The van der Waals surface area contributed by atoms with Crippen LogP contribution in [0.15, 0.2) is 61.4 Å². The number of carbonyl (C=O) groups excluding carboxylic acids is 1. The summed E-state index contributed by atoms with van der Waals surface area (Å²) >= 11 is 0. The van der Waals surface area contributed by atoms with E-state index in [0.717, 1.165) is 30.7 Å². The quantitative estimate of drug-likeness (QED) is 0.673. The molecule has 1 unspecified atom stereocenters. The number of pyridine rings is 1. The molecule has 1 aliphatic rings. The van der Waals surface area contributed by atoms with Gasteiger partial charge in [-0.2, -0.15) is 0 Å². The largest absolute Gasteiger partial charge is 0.376 e. The number of nitrogens with zero attached hydrogens (tertiary/aromatic N) is 5. The van der Waals surface area contributed by atoms with Gasteiger partial charge >= 0.3 is 0 Å². The summed E-state index contributed by atoms with van der Waals surface area (Å²) in [5.74, 6) is -0.0164. The fourth-order valence-corrected chi connectivity index (χ4v) is 3.28. The molecule has 0 bridgehead atoms. The van der Waals surface area contributed by atoms with Crippen LogP contribution >= 0.6 is 0 Å². The molecule has 7 nitrogen and oxygen atoms in total. The van der Waals surface area contributed by atoms with Gasteiger partial charge in [0.1, 0.15) is 12.7 Å². The third kappa shape index (κ3) is 4.20. The van der Waals surface area contributed by atoms with Crippen LogP contribution < -0.4 is 0 Å². The molecule has 3 heterocycles. The zero-order valence-electron chi connectivity index (χ0n) is 14.9. The topological polar surface area (TPSA) is 73.1 Å². The Morgan fingerprint density at radius 3 is 2.74 bits per heavy atom. The van der Waals surface area contributed by atoms with Crippen LogP contribution in [-0.2, 0) is 11.3 Å². The first-order valence-electron chi connectivity index (χ1n) is 9.04. The summed E-state index contributed by atoms with van der Waals surface area (Å²) in [6.45, 7) is 1.88. The molecule has 0 spiro atoms. The lowest BCUT2D eigenvalue weighted by molar-refractivity contribution is 0.0507. The maximum Gasteiger partial charge on any atom is 0.254 e. The minimum atomic E-state index is -0.0164. The molecular formula is C20H21N5O2. The van der Waals surface area contributed by atoms with Gasteiger partial charge in [-0.15, -0.1) is 10.2 Å². The number of aromatic nitrogens is 4. The molecule has 1 amide bonds. The van der Waals surface area contributed by atoms with Crippen LogP contribution in [0, 0.1) is 0 Å². The molecule has 1 aliphatic heterocycles. The Labute approximate surface area is 157 Å². The minimum absolute atomic E-state index is 0.0164. The van der Waals surface area contributed by atoms with Gasteiger partial charge in [0.2, 0.25) is 0 Å². The Balaban J connectivity index is 1.58. The van der Waals surface area contributed by atoms with E-state index in [4.69, 9.17) is 4.74 Å². The molecule has 1 fully saturated rings. The summed E-state index contributed by atoms with van der Waals surface area (Å²) in [5, 5.41) is 7.66. The second kappa shape index (κ2) is 8.09. The second-order valence-electron chi connectivity index (χ2n) is 6.60. The monoisotopic (exact) mass is 363 g/mol. The summed E-state index contributed by atoms with van der Waals surface area (Å²) in [5.41, 5.74) is 2.53. The van der Waals surface area contributed by atoms with Gasteiger partial charge in [-0.1, -0.05) is 6.07 Å². The molecule has 0 N–H and O–H groups in total. The highest BCUT2D eigenvalue weighted by Crippen LogP contribution is 2.18. The average Bonchev–Trinajstić information content (AvgIpc) is 3.42. The van der Waals surface area contributed by atoms with E-state index in [2.05, 4.69) is 15.2 Å². The van der Waals surface area contributed by atoms with Crippen LogP contribution in [0.1, 0.15) is 28.8 Å². The van der Waals surface area contributed by atoms with Crippen LogP contribution in [0.5, 0.6) is 0 Å². The third-order valence-electron chi connectivity index (χ3n) is 4.67. The summed E-state index contributed by atoms with van der Waals surface area (Å²) in [6, 6.07) is 11.4. The van der Waals surface area contributed by atoms with Crippen LogP contribution in [0.3, 0.4) is 0 Å². The third-order valence-corrected chi connectivity index (χ3v) is 4.67. The van der Waals surface area contributed by atoms with Crippen molar-refractivity contribution in [1.82, 2.24) is 24.6 Å². The number of hydrogen-bond donors (Lipinski definition) is 0. The number of hydrogen-bond acceptors (Lipinski definition) is 5. The van der Waals surface area contributed by atoms with E-state index >= 15 is 0 Å². The van der Waals surface area contributed by atoms with Gasteiger partial charge in [-0.3, -0.25) is 14.3 Å². The van der Waals surface area contributed by atoms with Gasteiger partial charge in [-0.25, -0.2) is 0 Å². The van der Waals surface area contributed by atoms with E-state index in [1.807, 2.05) is 41.3 Å². The molecule has 4 rings (SSSR count). The lowest BCUT2D eigenvalue weighted by Crippen LogP contribution is -2.37. The van der Waals surface area contributed by atoms with Gasteiger partial charge in [0, 0.05) is 43.3 Å². The van der Waals surface area contributed by atoms with Crippen molar-refractivity contribution in [3.63, 3.8) is 0 Å². The summed E-state index contributed by atoms with van der Waals surface area (Å²) < 4.78 is 7.54. The first kappa shape index (κ1) is 17.4. The minimum Gasteiger partial charge on any atom is -0.376 e. The van der Waals surface area contributed by atoms with Crippen molar-refractivity contribution in [2.45, 2.75) is 25.5 Å². The van der Waals surface area contributed by atoms with Crippen LogP contribution in [0.4, 0.5) is 0 Å². The molecule has 1 saturated heterocycles. The number of rotatable bonds is 6. The van der Waals surface area contributed by atoms with Crippen molar-refractivity contribution in [3.8, 4) is 5.69 Å². The second-order valence-corrected chi connectivity index (χ2v) is 6.60. The lowest BCUT2D eigenvalue weighted by atomic mass is 10.1. The van der Waals surface area contributed by atoms with Crippen molar-refractivity contribution in [1.29, 1.82) is 0 Å². The molecule has 3 aromatic rings. The van der Waals surface area contributed by atoms with E-state index in [1.165, 1.54) is 0 Å². The zero-order chi connectivity index (χ0) is 18.5. The summed E-state index contributed by atoms with van der Waals surface area (Å²) in [7, 11) is 0. The zero-order valence-corrected chi connectivity index (χ0v) is 14.9. The SMILES string of the molecule is O=C(c1cccc(-n2cnnc2)c1)N(Cc1ccncc1)CC1CCCO1. The summed E-state index contributed by atoms with van der Waals surface area (Å²) in [6.07, 6.45) is 8.85. The number of carbonyl (C=O) groups is 1. The molecule has 2 aromatic heterocycles. The van der Waals surface area contributed by atoms with Gasteiger partial charge in [0.05, 0.1) is 6.10 Å². The van der Waals surface area contributed by atoms with Crippen molar-refractivity contribution in [3.05, 3.63) is 72.6 Å². The molecule has 27 heavy (non-hydrogen) atoms. The Bertz CT molecular complexity index is 876. The molecular weight excluding hydrogens is 342 g/mol. The maximum atomic E-state index is 13.3. The first-order valence-corrected chi connectivity index (χ1v) is 9.04. The predicted octanol–water partition coefficient (Wildman–Crippen LogP) is 2.48. The van der Waals surface area contributed by atoms with Crippen molar-refractivity contribution in [2.75, 3.05) is 13.2 Å². The molecule has 138 valence electrons. The van der Waals surface area contributed by atoms with Gasteiger partial charge in [0.25, 0.3) is 5.91 Å². The van der Waals surface area contributed by atoms with Crippen molar-refractivity contribution >= 4 is 5.91 Å². The number of amides is 1. The fraction of sp³-hybridized carbons (Fsp3) is 0.300. The summed E-state index contributed by atoms with van der Waals surface area (Å²) in [4.78, 5) is 19.2. The average molecular weight is 363 g/mol. The number of ether oxygens (including phenoxy) is 1. The fourth-order valence-electron chi connectivity index (χ4n) is 3.28. The predicted molar refractivity (Wildman–Crippen MR) is 99.3 cm³/mol. The molecule has 0 saturated carbocycles. The van der Waals surface area contributed by atoms with E-state index in [1.54, 1.807) is 29.6 Å². The highest BCUT2D eigenvalue weighted by atomic mass is 16.5. The molecule has 1 atom stereocenters. The highest BCUT2D eigenvalue weighted by Gasteiger charge is 2.24. The molecule has 0 radical (unpaired) electrons. The van der Waals surface area contributed by atoms with E-state index in [9.17, 15) is 4.79 Å². The van der Waals surface area contributed by atoms with Crippen molar-refractivity contribution in [2.24, 2.45) is 0 Å². The van der Waals surface area contributed by atoms with Crippen molar-refractivity contribution < 1.29 is 9.53 Å². The maximum absolute atomic E-state index is 13.3. The van der Waals surface area contributed by atoms with E-state index in [-0.39, 0.29) is 12.0 Å². The smallest absolute Gasteiger partial charge is 0.254 e. The van der Waals surface area contributed by atoms with Gasteiger partial charge in [0.15, 0.2) is 0 Å². The first-order chi connectivity index (χ1) is 13.3. The van der Waals surface area contributed by atoms with Gasteiger partial charge in [-0.05, 0) is 48.7 Å².